The van der Waals surface area contributed by atoms with Crippen molar-refractivity contribution in [3.63, 3.8) is 0 Å². The third-order valence-electron chi connectivity index (χ3n) is 1.68. The first-order valence-electron chi connectivity index (χ1n) is 4.20. The molecule has 0 radical (unpaired) electrons. The number of sulfone groups is 1. The van der Waals surface area contributed by atoms with Gasteiger partial charge >= 0.3 is 0 Å². The van der Waals surface area contributed by atoms with E-state index < -0.39 is 9.84 Å². The summed E-state index contributed by atoms with van der Waals surface area (Å²) in [5, 5.41) is 0.933. The van der Waals surface area contributed by atoms with E-state index in [0.29, 0.717) is 12.4 Å². The van der Waals surface area contributed by atoms with Gasteiger partial charge < -0.3 is 4.74 Å². The Kier molecular flexibility index (Phi) is 3.30. The van der Waals surface area contributed by atoms with Crippen LogP contribution in [0.4, 0.5) is 0 Å². The second kappa shape index (κ2) is 4.28. The van der Waals surface area contributed by atoms with Gasteiger partial charge in [0, 0.05) is 5.41 Å². The van der Waals surface area contributed by atoms with E-state index in [1.54, 1.807) is 12.1 Å². The highest BCUT2D eigenvalue weighted by Gasteiger charge is 2.08. The molecule has 76 valence electrons. The Bertz CT molecular complexity index is 403. The minimum absolute atomic E-state index is 0.232. The van der Waals surface area contributed by atoms with E-state index in [9.17, 15) is 8.42 Å². The Hall–Kier alpha value is -1.29. The molecule has 1 rings (SSSR count). The topological polar surface area (TPSA) is 43.4 Å². The summed E-state index contributed by atoms with van der Waals surface area (Å²) in [6.45, 7) is 5.68. The van der Waals surface area contributed by atoms with E-state index in [1.165, 1.54) is 12.1 Å². The van der Waals surface area contributed by atoms with Crippen LogP contribution in [0.5, 0.6) is 5.75 Å². The predicted octanol–water partition coefficient (Wildman–Crippen LogP) is 2.00. The molecular formula is C10H12O3S. The molecule has 1 aromatic carbocycles. The van der Waals surface area contributed by atoms with Gasteiger partial charge in [-0.05, 0) is 31.2 Å². The summed E-state index contributed by atoms with van der Waals surface area (Å²) in [6, 6.07) is 6.25. The van der Waals surface area contributed by atoms with Crippen LogP contribution in [0.2, 0.25) is 0 Å². The standard InChI is InChI=1S/C10H12O3S/c1-3-13-9-5-7-10(8-6-9)14(11,12)4-2/h4-8H,2-3H2,1H3. The van der Waals surface area contributed by atoms with Gasteiger partial charge in [0.25, 0.3) is 0 Å². The molecule has 0 atom stereocenters. The number of hydrogen-bond acceptors (Lipinski definition) is 3. The molecule has 0 aliphatic rings. The monoisotopic (exact) mass is 212 g/mol. The van der Waals surface area contributed by atoms with Crippen molar-refractivity contribution in [3.05, 3.63) is 36.3 Å². The molecule has 0 aliphatic carbocycles. The summed E-state index contributed by atoms with van der Waals surface area (Å²) in [6.07, 6.45) is 0. The third-order valence-corrected chi connectivity index (χ3v) is 3.05. The van der Waals surface area contributed by atoms with Crippen LogP contribution in [0, 0.1) is 0 Å². The summed E-state index contributed by atoms with van der Waals surface area (Å²) in [7, 11) is -3.32. The molecule has 0 N–H and O–H groups in total. The molecule has 1 aromatic rings. The van der Waals surface area contributed by atoms with Gasteiger partial charge in [0.05, 0.1) is 11.5 Å². The normalized spacial score (nSPS) is 10.9. The molecule has 0 unspecified atom stereocenters. The maximum atomic E-state index is 11.3. The highest BCUT2D eigenvalue weighted by atomic mass is 32.2. The lowest BCUT2D eigenvalue weighted by molar-refractivity contribution is 0.340. The molecule has 14 heavy (non-hydrogen) atoms. The van der Waals surface area contributed by atoms with Gasteiger partial charge in [-0.25, -0.2) is 8.42 Å². The maximum absolute atomic E-state index is 11.3. The molecule has 0 bridgehead atoms. The largest absolute Gasteiger partial charge is 0.494 e. The third kappa shape index (κ3) is 2.35. The predicted molar refractivity (Wildman–Crippen MR) is 55.0 cm³/mol. The van der Waals surface area contributed by atoms with E-state index >= 15 is 0 Å². The molecule has 0 amide bonds. The van der Waals surface area contributed by atoms with E-state index in [-0.39, 0.29) is 4.90 Å². The van der Waals surface area contributed by atoms with Crippen molar-refractivity contribution in [2.75, 3.05) is 6.61 Å². The highest BCUT2D eigenvalue weighted by Crippen LogP contribution is 2.17. The van der Waals surface area contributed by atoms with Crippen molar-refractivity contribution in [1.82, 2.24) is 0 Å². The molecule has 4 heteroatoms. The highest BCUT2D eigenvalue weighted by molar-refractivity contribution is 7.94. The fourth-order valence-electron chi connectivity index (χ4n) is 0.988. The zero-order chi connectivity index (χ0) is 10.6. The summed E-state index contributed by atoms with van der Waals surface area (Å²) in [5.41, 5.74) is 0. The molecule has 0 heterocycles. The second-order valence-electron chi connectivity index (χ2n) is 2.62. The van der Waals surface area contributed by atoms with Crippen molar-refractivity contribution in [2.45, 2.75) is 11.8 Å². The first-order chi connectivity index (χ1) is 6.60. The fourth-order valence-corrected chi connectivity index (χ4v) is 1.70. The Balaban J connectivity index is 3.00. The van der Waals surface area contributed by atoms with Gasteiger partial charge in [0.1, 0.15) is 5.75 Å². The zero-order valence-electron chi connectivity index (χ0n) is 7.93. The number of hydrogen-bond donors (Lipinski definition) is 0. The SMILES string of the molecule is C=CS(=O)(=O)c1ccc(OCC)cc1. The minimum atomic E-state index is -3.32. The van der Waals surface area contributed by atoms with Crippen molar-refractivity contribution in [3.8, 4) is 5.75 Å². The molecule has 0 saturated heterocycles. The molecule has 3 nitrogen and oxygen atoms in total. The van der Waals surface area contributed by atoms with Crippen LogP contribution >= 0.6 is 0 Å². The Labute approximate surface area is 83.9 Å². The molecule has 0 spiro atoms. The Morgan fingerprint density at radius 2 is 1.93 bits per heavy atom. The van der Waals surface area contributed by atoms with Crippen LogP contribution in [0.1, 0.15) is 6.92 Å². The van der Waals surface area contributed by atoms with Gasteiger partial charge in [-0.15, -0.1) is 0 Å². The second-order valence-corrected chi connectivity index (χ2v) is 4.51. The van der Waals surface area contributed by atoms with Gasteiger partial charge in [-0.2, -0.15) is 0 Å². The number of benzene rings is 1. The van der Waals surface area contributed by atoms with E-state index in [4.69, 9.17) is 4.74 Å². The van der Waals surface area contributed by atoms with Crippen molar-refractivity contribution in [2.24, 2.45) is 0 Å². The van der Waals surface area contributed by atoms with E-state index in [0.717, 1.165) is 5.41 Å². The molecule has 0 aliphatic heterocycles. The van der Waals surface area contributed by atoms with Crippen LogP contribution in [0.25, 0.3) is 0 Å². The van der Waals surface area contributed by atoms with Crippen LogP contribution in [0.3, 0.4) is 0 Å². The Morgan fingerprint density at radius 3 is 2.36 bits per heavy atom. The lowest BCUT2D eigenvalue weighted by Gasteiger charge is -2.03. The summed E-state index contributed by atoms with van der Waals surface area (Å²) in [5.74, 6) is 0.663. The van der Waals surface area contributed by atoms with Crippen molar-refractivity contribution < 1.29 is 13.2 Å². The quantitative estimate of drug-likeness (QED) is 0.766. The molecule has 0 fully saturated rings. The van der Waals surface area contributed by atoms with Crippen LogP contribution in [0.15, 0.2) is 41.1 Å². The van der Waals surface area contributed by atoms with Crippen LogP contribution in [-0.2, 0) is 9.84 Å². The first kappa shape index (κ1) is 10.8. The summed E-state index contributed by atoms with van der Waals surface area (Å²) in [4.78, 5) is 0.232. The smallest absolute Gasteiger partial charge is 0.199 e. The lowest BCUT2D eigenvalue weighted by Crippen LogP contribution is -1.96. The van der Waals surface area contributed by atoms with Gasteiger partial charge in [-0.3, -0.25) is 0 Å². The van der Waals surface area contributed by atoms with Gasteiger partial charge in [0.15, 0.2) is 9.84 Å². The number of ether oxygens (including phenoxy) is 1. The van der Waals surface area contributed by atoms with Crippen molar-refractivity contribution in [1.29, 1.82) is 0 Å². The van der Waals surface area contributed by atoms with Crippen LogP contribution in [-0.4, -0.2) is 15.0 Å². The van der Waals surface area contributed by atoms with Gasteiger partial charge in [0.2, 0.25) is 0 Å². The maximum Gasteiger partial charge on any atom is 0.199 e. The first-order valence-corrected chi connectivity index (χ1v) is 5.75. The summed E-state index contributed by atoms with van der Waals surface area (Å²) < 4.78 is 27.8. The fraction of sp³-hybridized carbons (Fsp3) is 0.200. The lowest BCUT2D eigenvalue weighted by atomic mass is 10.3. The molecular weight excluding hydrogens is 200 g/mol. The minimum Gasteiger partial charge on any atom is -0.494 e. The number of rotatable bonds is 4. The molecule has 0 aromatic heterocycles. The summed E-state index contributed by atoms with van der Waals surface area (Å²) >= 11 is 0. The average Bonchev–Trinajstić information content (AvgIpc) is 2.19. The Morgan fingerprint density at radius 1 is 1.36 bits per heavy atom. The molecule has 0 saturated carbocycles. The van der Waals surface area contributed by atoms with Crippen molar-refractivity contribution >= 4 is 9.84 Å². The zero-order valence-corrected chi connectivity index (χ0v) is 8.75. The van der Waals surface area contributed by atoms with E-state index in [1.807, 2.05) is 6.92 Å². The average molecular weight is 212 g/mol. The van der Waals surface area contributed by atoms with Gasteiger partial charge in [-0.1, -0.05) is 6.58 Å². The van der Waals surface area contributed by atoms with E-state index in [2.05, 4.69) is 6.58 Å². The van der Waals surface area contributed by atoms with Crippen LogP contribution < -0.4 is 4.74 Å².